The number of nitrogens with zero attached hydrogens (tertiary/aromatic N) is 3. The zero-order valence-corrected chi connectivity index (χ0v) is 10.7. The molecule has 0 fully saturated rings. The maximum atomic E-state index is 12.0. The summed E-state index contributed by atoms with van der Waals surface area (Å²) in [4.78, 5) is 16.1. The standard InChI is InChI=1S/C11H15N5O2/c1-5-8(12)10(16(4)15-5)14-11(17)9-6(2)13-7(3)18-9/h12H2,1-4H3,(H,14,17). The molecule has 3 N–H and O–H groups in total. The molecule has 2 aromatic rings. The molecule has 7 nitrogen and oxygen atoms in total. The van der Waals surface area contributed by atoms with E-state index in [2.05, 4.69) is 15.4 Å². The van der Waals surface area contributed by atoms with Crippen molar-refractivity contribution in [2.45, 2.75) is 20.8 Å². The predicted molar refractivity (Wildman–Crippen MR) is 66.3 cm³/mol. The summed E-state index contributed by atoms with van der Waals surface area (Å²) in [5.74, 6) is 0.700. The number of amides is 1. The van der Waals surface area contributed by atoms with Gasteiger partial charge in [0.1, 0.15) is 0 Å². The molecular formula is C11H15N5O2. The van der Waals surface area contributed by atoms with Crippen LogP contribution in [-0.4, -0.2) is 20.7 Å². The summed E-state index contributed by atoms with van der Waals surface area (Å²) >= 11 is 0. The van der Waals surface area contributed by atoms with Gasteiger partial charge >= 0.3 is 0 Å². The molecule has 0 saturated carbocycles. The van der Waals surface area contributed by atoms with Crippen LogP contribution in [0.5, 0.6) is 0 Å². The van der Waals surface area contributed by atoms with Crippen molar-refractivity contribution in [3.63, 3.8) is 0 Å². The number of anilines is 2. The van der Waals surface area contributed by atoms with Crippen LogP contribution in [0.15, 0.2) is 4.42 Å². The van der Waals surface area contributed by atoms with E-state index >= 15 is 0 Å². The first-order valence-electron chi connectivity index (χ1n) is 5.44. The Bertz CT molecular complexity index is 611. The lowest BCUT2D eigenvalue weighted by Gasteiger charge is -2.04. The smallest absolute Gasteiger partial charge is 0.294 e. The fraction of sp³-hybridized carbons (Fsp3) is 0.364. The summed E-state index contributed by atoms with van der Waals surface area (Å²) in [5.41, 5.74) is 7.48. The minimum absolute atomic E-state index is 0.186. The van der Waals surface area contributed by atoms with Crippen LogP contribution in [0.25, 0.3) is 0 Å². The van der Waals surface area contributed by atoms with Crippen LogP contribution in [0, 0.1) is 20.8 Å². The number of rotatable bonds is 2. The molecule has 0 aliphatic carbocycles. The van der Waals surface area contributed by atoms with Gasteiger partial charge in [-0.3, -0.25) is 9.48 Å². The van der Waals surface area contributed by atoms with Crippen LogP contribution >= 0.6 is 0 Å². The Hall–Kier alpha value is -2.31. The van der Waals surface area contributed by atoms with Gasteiger partial charge in [0.25, 0.3) is 5.91 Å². The molecule has 0 saturated heterocycles. The van der Waals surface area contributed by atoms with Crippen molar-refractivity contribution in [2.75, 3.05) is 11.1 Å². The fourth-order valence-electron chi connectivity index (χ4n) is 1.73. The summed E-state index contributed by atoms with van der Waals surface area (Å²) in [5, 5.41) is 6.79. The van der Waals surface area contributed by atoms with Crippen molar-refractivity contribution in [1.29, 1.82) is 0 Å². The molecule has 0 radical (unpaired) electrons. The number of aromatic nitrogens is 3. The number of aryl methyl sites for hydroxylation is 4. The minimum atomic E-state index is -0.386. The highest BCUT2D eigenvalue weighted by Crippen LogP contribution is 2.22. The van der Waals surface area contributed by atoms with E-state index in [9.17, 15) is 4.79 Å². The summed E-state index contributed by atoms with van der Waals surface area (Å²) in [6, 6.07) is 0. The second kappa shape index (κ2) is 4.17. The number of carbonyl (C=O) groups is 1. The highest BCUT2D eigenvalue weighted by Gasteiger charge is 2.19. The van der Waals surface area contributed by atoms with Gasteiger partial charge in [-0.1, -0.05) is 0 Å². The van der Waals surface area contributed by atoms with Gasteiger partial charge in [-0.25, -0.2) is 4.98 Å². The molecule has 0 bridgehead atoms. The van der Waals surface area contributed by atoms with Gasteiger partial charge in [0.2, 0.25) is 5.76 Å². The molecule has 0 aliphatic heterocycles. The zero-order chi connectivity index (χ0) is 13.4. The number of nitrogen functional groups attached to an aromatic ring is 1. The SMILES string of the molecule is Cc1nc(C)c(C(=O)Nc2c(N)c(C)nn2C)o1. The molecule has 18 heavy (non-hydrogen) atoms. The van der Waals surface area contributed by atoms with Gasteiger partial charge in [0.15, 0.2) is 11.7 Å². The summed E-state index contributed by atoms with van der Waals surface area (Å²) in [6.45, 7) is 5.17. The zero-order valence-electron chi connectivity index (χ0n) is 10.7. The van der Waals surface area contributed by atoms with Gasteiger partial charge in [0.05, 0.1) is 17.1 Å². The van der Waals surface area contributed by atoms with E-state index in [4.69, 9.17) is 10.2 Å². The lowest BCUT2D eigenvalue weighted by atomic mass is 10.3. The average Bonchev–Trinajstić information content (AvgIpc) is 2.73. The summed E-state index contributed by atoms with van der Waals surface area (Å²) in [6.07, 6.45) is 0. The Balaban J connectivity index is 2.29. The molecule has 96 valence electrons. The van der Waals surface area contributed by atoms with E-state index in [1.165, 1.54) is 4.68 Å². The first-order chi connectivity index (χ1) is 8.40. The second-order valence-corrected chi connectivity index (χ2v) is 4.07. The molecule has 0 unspecified atom stereocenters. The number of hydrogen-bond donors (Lipinski definition) is 2. The van der Waals surface area contributed by atoms with Crippen LogP contribution < -0.4 is 11.1 Å². The summed E-state index contributed by atoms with van der Waals surface area (Å²) in [7, 11) is 1.71. The fourth-order valence-corrected chi connectivity index (χ4v) is 1.73. The van der Waals surface area contributed by atoms with Gasteiger partial charge < -0.3 is 15.5 Å². The Morgan fingerprint density at radius 2 is 2.00 bits per heavy atom. The molecule has 7 heteroatoms. The van der Waals surface area contributed by atoms with Crippen LogP contribution in [0.4, 0.5) is 11.5 Å². The lowest BCUT2D eigenvalue weighted by molar-refractivity contribution is 0.0993. The Morgan fingerprint density at radius 3 is 2.44 bits per heavy atom. The number of hydrogen-bond acceptors (Lipinski definition) is 5. The Morgan fingerprint density at radius 1 is 1.33 bits per heavy atom. The molecule has 2 rings (SSSR count). The molecule has 0 spiro atoms. The molecule has 2 heterocycles. The van der Waals surface area contributed by atoms with Gasteiger partial charge in [0, 0.05) is 14.0 Å². The Labute approximate surface area is 104 Å². The van der Waals surface area contributed by atoms with Crippen LogP contribution in [0.2, 0.25) is 0 Å². The van der Waals surface area contributed by atoms with Gasteiger partial charge in [-0.05, 0) is 13.8 Å². The van der Waals surface area contributed by atoms with Gasteiger partial charge in [-0.15, -0.1) is 0 Å². The van der Waals surface area contributed by atoms with E-state index in [1.807, 2.05) is 0 Å². The molecule has 1 amide bonds. The lowest BCUT2D eigenvalue weighted by Crippen LogP contribution is -2.16. The van der Waals surface area contributed by atoms with E-state index in [-0.39, 0.29) is 11.7 Å². The number of nitrogens with one attached hydrogen (secondary N) is 1. The van der Waals surface area contributed by atoms with Crippen molar-refractivity contribution < 1.29 is 9.21 Å². The minimum Gasteiger partial charge on any atom is -0.436 e. The third kappa shape index (κ3) is 1.94. The topological polar surface area (TPSA) is 99.0 Å². The highest BCUT2D eigenvalue weighted by molar-refractivity contribution is 6.04. The second-order valence-electron chi connectivity index (χ2n) is 4.07. The Kier molecular flexibility index (Phi) is 2.82. The van der Waals surface area contributed by atoms with E-state index < -0.39 is 0 Å². The maximum absolute atomic E-state index is 12.0. The number of oxazole rings is 1. The first-order valence-corrected chi connectivity index (χ1v) is 5.44. The molecule has 0 atom stereocenters. The van der Waals surface area contributed by atoms with Crippen LogP contribution in [0.3, 0.4) is 0 Å². The predicted octanol–water partition coefficient (Wildman–Crippen LogP) is 1.17. The first kappa shape index (κ1) is 12.2. The van der Waals surface area contributed by atoms with Crippen LogP contribution in [-0.2, 0) is 7.05 Å². The summed E-state index contributed by atoms with van der Waals surface area (Å²) < 4.78 is 6.76. The molecular weight excluding hydrogens is 234 g/mol. The van der Waals surface area contributed by atoms with E-state index in [0.717, 1.165) is 0 Å². The maximum Gasteiger partial charge on any atom is 0.294 e. The number of carbonyl (C=O) groups excluding carboxylic acids is 1. The van der Waals surface area contributed by atoms with E-state index in [0.29, 0.717) is 28.8 Å². The van der Waals surface area contributed by atoms with Crippen molar-refractivity contribution in [1.82, 2.24) is 14.8 Å². The molecule has 0 aromatic carbocycles. The quantitative estimate of drug-likeness (QED) is 0.832. The van der Waals surface area contributed by atoms with Crippen molar-refractivity contribution in [3.8, 4) is 0 Å². The average molecular weight is 249 g/mol. The van der Waals surface area contributed by atoms with Crippen molar-refractivity contribution in [3.05, 3.63) is 23.0 Å². The van der Waals surface area contributed by atoms with E-state index in [1.54, 1.807) is 27.8 Å². The normalized spacial score (nSPS) is 10.7. The number of nitrogens with two attached hydrogens (primary N) is 1. The van der Waals surface area contributed by atoms with Crippen molar-refractivity contribution in [2.24, 2.45) is 7.05 Å². The highest BCUT2D eigenvalue weighted by atomic mass is 16.4. The molecule has 2 aromatic heterocycles. The third-order valence-electron chi connectivity index (χ3n) is 2.61. The molecule has 0 aliphatic rings. The van der Waals surface area contributed by atoms with Crippen LogP contribution in [0.1, 0.15) is 27.8 Å². The third-order valence-corrected chi connectivity index (χ3v) is 2.61. The monoisotopic (exact) mass is 249 g/mol. The van der Waals surface area contributed by atoms with Crippen molar-refractivity contribution >= 4 is 17.4 Å². The van der Waals surface area contributed by atoms with Gasteiger partial charge in [-0.2, -0.15) is 5.10 Å². The largest absolute Gasteiger partial charge is 0.436 e.